The SMILES string of the molecule is N[C@@H]1CN(C(=O)[C@@H](NC(=O)c2ccc(N3CCN(C4CCC4)CC3)cc2)C2CCCC2)[C@@H]2C(=O)CO[C@H]12. The van der Waals surface area contributed by atoms with E-state index in [4.69, 9.17) is 10.5 Å². The summed E-state index contributed by atoms with van der Waals surface area (Å²) >= 11 is 0. The summed E-state index contributed by atoms with van der Waals surface area (Å²) in [6.45, 7) is 4.46. The number of hydrogen-bond donors (Lipinski definition) is 2. The van der Waals surface area contributed by atoms with Crippen molar-refractivity contribution in [2.24, 2.45) is 11.7 Å². The first kappa shape index (κ1) is 24.8. The minimum absolute atomic E-state index is 0.00472. The number of ether oxygens (including phenoxy) is 1. The van der Waals surface area contributed by atoms with Crippen molar-refractivity contribution < 1.29 is 19.1 Å². The number of nitrogens with one attached hydrogen (secondary N) is 1. The summed E-state index contributed by atoms with van der Waals surface area (Å²) in [6, 6.07) is 6.84. The number of ketones is 1. The standard InChI is InChI=1S/C28H39N5O4/c29-22-16-33(25-23(34)17-37-26(22)25)28(36)24(18-4-1-2-5-18)30-27(35)19-8-10-21(11-9-19)32-14-12-31(13-15-32)20-6-3-7-20/h8-11,18,20,22,24-26H,1-7,12-17,29H2,(H,30,35)/t22-,24+,25-,26-/m1/s1. The minimum atomic E-state index is -0.659. The third-order valence-electron chi connectivity index (χ3n) is 9.33. The Kier molecular flexibility index (Phi) is 6.94. The largest absolute Gasteiger partial charge is 0.369 e. The first-order valence-corrected chi connectivity index (χ1v) is 14.1. The average molecular weight is 510 g/mol. The van der Waals surface area contributed by atoms with E-state index in [-0.39, 0.29) is 42.7 Å². The highest BCUT2D eigenvalue weighted by Crippen LogP contribution is 2.33. The zero-order valence-electron chi connectivity index (χ0n) is 21.5. The van der Waals surface area contributed by atoms with E-state index in [0.717, 1.165) is 63.6 Å². The van der Waals surface area contributed by atoms with Crippen molar-refractivity contribution in [3.8, 4) is 0 Å². The fourth-order valence-electron chi connectivity index (χ4n) is 6.91. The van der Waals surface area contributed by atoms with E-state index in [0.29, 0.717) is 5.56 Å². The lowest BCUT2D eigenvalue weighted by molar-refractivity contribution is -0.139. The first-order chi connectivity index (χ1) is 18.0. The van der Waals surface area contributed by atoms with Crippen molar-refractivity contribution in [3.05, 3.63) is 29.8 Å². The Morgan fingerprint density at radius 3 is 2.32 bits per heavy atom. The minimum Gasteiger partial charge on any atom is -0.369 e. The molecule has 0 bridgehead atoms. The third kappa shape index (κ3) is 4.77. The summed E-state index contributed by atoms with van der Waals surface area (Å²) in [5.41, 5.74) is 7.87. The molecular formula is C28H39N5O4. The van der Waals surface area contributed by atoms with Crippen LogP contribution in [0.25, 0.3) is 0 Å². The number of rotatable bonds is 6. The maximum atomic E-state index is 13.7. The summed E-state index contributed by atoms with van der Waals surface area (Å²) in [5.74, 6) is -0.494. The van der Waals surface area contributed by atoms with Gasteiger partial charge in [-0.2, -0.15) is 0 Å². The molecule has 5 fully saturated rings. The predicted molar refractivity (Wildman–Crippen MR) is 139 cm³/mol. The van der Waals surface area contributed by atoms with Crippen molar-refractivity contribution in [2.75, 3.05) is 44.2 Å². The molecule has 0 radical (unpaired) electrons. The van der Waals surface area contributed by atoms with Crippen LogP contribution in [0.2, 0.25) is 0 Å². The molecule has 200 valence electrons. The number of benzene rings is 1. The van der Waals surface area contributed by atoms with Crippen LogP contribution in [-0.4, -0.2) is 97.0 Å². The van der Waals surface area contributed by atoms with Crippen molar-refractivity contribution in [1.82, 2.24) is 15.1 Å². The van der Waals surface area contributed by atoms with Gasteiger partial charge in [0.05, 0.1) is 6.04 Å². The van der Waals surface area contributed by atoms with Crippen molar-refractivity contribution in [3.63, 3.8) is 0 Å². The number of anilines is 1. The topological polar surface area (TPSA) is 108 Å². The molecule has 0 unspecified atom stereocenters. The number of nitrogens with zero attached hydrogens (tertiary/aromatic N) is 3. The Hall–Kier alpha value is -2.49. The van der Waals surface area contributed by atoms with Crippen LogP contribution in [0.5, 0.6) is 0 Å². The van der Waals surface area contributed by atoms with Gasteiger partial charge in [0.15, 0.2) is 5.78 Å². The molecule has 2 aliphatic carbocycles. The van der Waals surface area contributed by atoms with E-state index >= 15 is 0 Å². The highest BCUT2D eigenvalue weighted by atomic mass is 16.5. The summed E-state index contributed by atoms with van der Waals surface area (Å²) in [6.07, 6.45) is 7.46. The summed E-state index contributed by atoms with van der Waals surface area (Å²) in [4.78, 5) is 46.1. The van der Waals surface area contributed by atoms with Crippen LogP contribution in [0.1, 0.15) is 55.3 Å². The van der Waals surface area contributed by atoms with Gasteiger partial charge in [0, 0.05) is 50.0 Å². The maximum absolute atomic E-state index is 13.7. The second kappa shape index (κ2) is 10.3. The van der Waals surface area contributed by atoms with Gasteiger partial charge in [-0.05, 0) is 55.9 Å². The summed E-state index contributed by atoms with van der Waals surface area (Å²) < 4.78 is 5.56. The molecule has 9 nitrogen and oxygen atoms in total. The molecule has 1 aromatic carbocycles. The molecule has 37 heavy (non-hydrogen) atoms. The molecule has 9 heteroatoms. The number of hydrogen-bond acceptors (Lipinski definition) is 7. The fraction of sp³-hybridized carbons (Fsp3) is 0.679. The molecule has 3 aliphatic heterocycles. The maximum Gasteiger partial charge on any atom is 0.251 e. The first-order valence-electron chi connectivity index (χ1n) is 14.1. The Morgan fingerprint density at radius 1 is 0.973 bits per heavy atom. The van der Waals surface area contributed by atoms with Crippen LogP contribution in [0, 0.1) is 5.92 Å². The number of amides is 2. The zero-order valence-corrected chi connectivity index (χ0v) is 21.5. The lowest BCUT2D eigenvalue weighted by Gasteiger charge is -2.43. The number of nitrogens with two attached hydrogens (primary N) is 1. The van der Waals surface area contributed by atoms with E-state index < -0.39 is 18.2 Å². The van der Waals surface area contributed by atoms with E-state index in [9.17, 15) is 14.4 Å². The average Bonchev–Trinajstić information content (AvgIpc) is 3.62. The molecule has 3 saturated heterocycles. The smallest absolute Gasteiger partial charge is 0.251 e. The van der Waals surface area contributed by atoms with E-state index in [1.54, 1.807) is 4.90 Å². The second-order valence-corrected chi connectivity index (χ2v) is 11.5. The number of carbonyl (C=O) groups excluding carboxylic acids is 3. The van der Waals surface area contributed by atoms with Crippen molar-refractivity contribution in [2.45, 2.75) is 75.2 Å². The highest BCUT2D eigenvalue weighted by molar-refractivity contribution is 5.99. The molecule has 1 aromatic rings. The fourth-order valence-corrected chi connectivity index (χ4v) is 6.91. The Bertz CT molecular complexity index is 1010. The lowest BCUT2D eigenvalue weighted by atomic mass is 9.91. The molecular weight excluding hydrogens is 470 g/mol. The molecule has 5 aliphatic rings. The van der Waals surface area contributed by atoms with Gasteiger partial charge in [-0.1, -0.05) is 19.3 Å². The quantitative estimate of drug-likeness (QED) is 0.592. The van der Waals surface area contributed by atoms with Gasteiger partial charge < -0.3 is 25.6 Å². The molecule has 0 spiro atoms. The molecule has 3 heterocycles. The van der Waals surface area contributed by atoms with Gasteiger partial charge in [0.25, 0.3) is 5.91 Å². The number of carbonyl (C=O) groups is 3. The zero-order chi connectivity index (χ0) is 25.5. The third-order valence-corrected chi connectivity index (χ3v) is 9.33. The number of fused-ring (bicyclic) bond motifs is 1. The monoisotopic (exact) mass is 509 g/mol. The summed E-state index contributed by atoms with van der Waals surface area (Å²) in [5, 5.41) is 3.05. The van der Waals surface area contributed by atoms with Gasteiger partial charge in [-0.25, -0.2) is 0 Å². The lowest BCUT2D eigenvalue weighted by Crippen LogP contribution is -2.54. The van der Waals surface area contributed by atoms with E-state index in [1.165, 1.54) is 19.3 Å². The van der Waals surface area contributed by atoms with Gasteiger partial charge >= 0.3 is 0 Å². The van der Waals surface area contributed by atoms with Crippen LogP contribution < -0.4 is 16.0 Å². The molecule has 2 saturated carbocycles. The van der Waals surface area contributed by atoms with Crippen LogP contribution >= 0.6 is 0 Å². The number of Topliss-reactive ketones (excluding diaryl/α,β-unsaturated/α-hetero) is 1. The van der Waals surface area contributed by atoms with Crippen LogP contribution in [0.15, 0.2) is 24.3 Å². The van der Waals surface area contributed by atoms with Gasteiger partial charge in [0.1, 0.15) is 24.8 Å². The van der Waals surface area contributed by atoms with Crippen LogP contribution in [-0.2, 0) is 14.3 Å². The Balaban J connectivity index is 1.12. The van der Waals surface area contributed by atoms with Gasteiger partial charge in [-0.3, -0.25) is 19.3 Å². The Morgan fingerprint density at radius 2 is 1.68 bits per heavy atom. The van der Waals surface area contributed by atoms with E-state index in [1.807, 2.05) is 24.3 Å². The number of piperazine rings is 1. The normalized spacial score (nSPS) is 29.9. The van der Waals surface area contributed by atoms with Crippen LogP contribution in [0.3, 0.4) is 0 Å². The van der Waals surface area contributed by atoms with E-state index in [2.05, 4.69) is 15.1 Å². The molecule has 3 N–H and O–H groups in total. The number of likely N-dealkylation sites (tertiary alicyclic amines) is 1. The predicted octanol–water partition coefficient (Wildman–Crippen LogP) is 1.16. The summed E-state index contributed by atoms with van der Waals surface area (Å²) in [7, 11) is 0. The second-order valence-electron chi connectivity index (χ2n) is 11.5. The van der Waals surface area contributed by atoms with Crippen molar-refractivity contribution in [1.29, 1.82) is 0 Å². The molecule has 0 aromatic heterocycles. The Labute approximate surface area is 218 Å². The van der Waals surface area contributed by atoms with Crippen LogP contribution in [0.4, 0.5) is 5.69 Å². The molecule has 4 atom stereocenters. The van der Waals surface area contributed by atoms with Crippen molar-refractivity contribution >= 4 is 23.3 Å². The molecule has 2 amide bonds. The van der Waals surface area contributed by atoms with Gasteiger partial charge in [0.2, 0.25) is 5.91 Å². The molecule has 6 rings (SSSR count). The highest BCUT2D eigenvalue weighted by Gasteiger charge is 2.52. The van der Waals surface area contributed by atoms with Gasteiger partial charge in [-0.15, -0.1) is 0 Å².